The maximum Gasteiger partial charge on any atom is 0.226 e. The maximum absolute atomic E-state index is 12.8. The Balaban J connectivity index is 1.30. The lowest BCUT2D eigenvalue weighted by atomic mass is 10.0. The number of pyridine rings is 1. The van der Waals surface area contributed by atoms with Crippen molar-refractivity contribution in [1.82, 2.24) is 9.88 Å². The molecule has 4 nitrogen and oxygen atoms in total. The number of rotatable bonds is 4. The van der Waals surface area contributed by atoms with Gasteiger partial charge in [0.1, 0.15) is 0 Å². The highest BCUT2D eigenvalue weighted by atomic mass is 16.2. The van der Waals surface area contributed by atoms with Gasteiger partial charge in [-0.3, -0.25) is 9.78 Å². The molecule has 1 aromatic carbocycles. The summed E-state index contributed by atoms with van der Waals surface area (Å²) in [7, 11) is 0. The third-order valence-corrected chi connectivity index (χ3v) is 5.53. The number of benzene rings is 1. The first-order chi connectivity index (χ1) is 12.2. The molecule has 2 heterocycles. The number of amides is 1. The van der Waals surface area contributed by atoms with Crippen molar-refractivity contribution in [2.75, 3.05) is 18.4 Å². The van der Waals surface area contributed by atoms with E-state index in [4.69, 9.17) is 0 Å². The summed E-state index contributed by atoms with van der Waals surface area (Å²) in [6.07, 6.45) is 6.66. The zero-order valence-electron chi connectivity index (χ0n) is 14.7. The fourth-order valence-corrected chi connectivity index (χ4v) is 3.98. The lowest BCUT2D eigenvalue weighted by Crippen LogP contribution is -2.43. The van der Waals surface area contributed by atoms with Crippen molar-refractivity contribution in [3.05, 3.63) is 59.9 Å². The van der Waals surface area contributed by atoms with E-state index in [1.165, 1.54) is 11.1 Å². The Morgan fingerprint density at radius 2 is 1.96 bits per heavy atom. The molecule has 2 aliphatic rings. The van der Waals surface area contributed by atoms with Gasteiger partial charge in [0.2, 0.25) is 5.91 Å². The Morgan fingerprint density at radius 3 is 2.68 bits per heavy atom. The Morgan fingerprint density at radius 1 is 1.16 bits per heavy atom. The molecule has 0 spiro atoms. The SMILES string of the molecule is Cc1ccccc1[C@H]1C[C@@H]1C(=O)N1CCC(Nc2cccnc2)CC1. The Hall–Kier alpha value is -2.36. The standard InChI is InChI=1S/C21H25N3O/c1-15-5-2-3-7-18(15)19-13-20(19)21(25)24-11-8-16(9-12-24)23-17-6-4-10-22-14-17/h2-7,10,14,16,19-20,23H,8-9,11-13H2,1H3/t19-,20+/m1/s1. The fraction of sp³-hybridized carbons (Fsp3) is 0.429. The van der Waals surface area contributed by atoms with Crippen LogP contribution in [0.1, 0.15) is 36.3 Å². The van der Waals surface area contributed by atoms with Crippen LogP contribution in [-0.4, -0.2) is 34.9 Å². The van der Waals surface area contributed by atoms with Crippen LogP contribution in [-0.2, 0) is 4.79 Å². The second kappa shape index (κ2) is 6.87. The van der Waals surface area contributed by atoms with Crippen molar-refractivity contribution in [2.24, 2.45) is 5.92 Å². The van der Waals surface area contributed by atoms with Gasteiger partial charge < -0.3 is 10.2 Å². The first kappa shape index (κ1) is 16.1. The fourth-order valence-electron chi connectivity index (χ4n) is 3.98. The number of nitrogens with one attached hydrogen (secondary N) is 1. The predicted octanol–water partition coefficient (Wildman–Crippen LogP) is 3.60. The van der Waals surface area contributed by atoms with Gasteiger partial charge in [-0.25, -0.2) is 0 Å². The number of aromatic nitrogens is 1. The first-order valence-corrected chi connectivity index (χ1v) is 9.23. The first-order valence-electron chi connectivity index (χ1n) is 9.23. The van der Waals surface area contributed by atoms with Crippen molar-refractivity contribution < 1.29 is 4.79 Å². The highest BCUT2D eigenvalue weighted by Gasteiger charge is 2.46. The number of hydrogen-bond acceptors (Lipinski definition) is 3. The molecular weight excluding hydrogens is 310 g/mol. The summed E-state index contributed by atoms with van der Waals surface area (Å²) in [5.74, 6) is 0.983. The van der Waals surface area contributed by atoms with Crippen LogP contribution in [0.15, 0.2) is 48.8 Å². The van der Waals surface area contributed by atoms with Gasteiger partial charge in [-0.2, -0.15) is 0 Å². The van der Waals surface area contributed by atoms with Crippen molar-refractivity contribution in [3.63, 3.8) is 0 Å². The van der Waals surface area contributed by atoms with Gasteiger partial charge in [0, 0.05) is 37.4 Å². The van der Waals surface area contributed by atoms with Gasteiger partial charge in [-0.15, -0.1) is 0 Å². The second-order valence-corrected chi connectivity index (χ2v) is 7.29. The van der Waals surface area contributed by atoms with Crippen LogP contribution in [0.5, 0.6) is 0 Å². The quantitative estimate of drug-likeness (QED) is 0.928. The molecule has 1 aliphatic carbocycles. The van der Waals surface area contributed by atoms with Crippen LogP contribution < -0.4 is 5.32 Å². The molecule has 4 rings (SSSR count). The average molecular weight is 335 g/mol. The average Bonchev–Trinajstić information content (AvgIpc) is 3.44. The molecular formula is C21H25N3O. The second-order valence-electron chi connectivity index (χ2n) is 7.29. The molecule has 0 unspecified atom stereocenters. The molecule has 2 aromatic rings. The van der Waals surface area contributed by atoms with E-state index in [1.807, 2.05) is 18.3 Å². The van der Waals surface area contributed by atoms with Crippen molar-refractivity contribution in [3.8, 4) is 0 Å². The van der Waals surface area contributed by atoms with Gasteiger partial charge in [0.05, 0.1) is 5.69 Å². The minimum absolute atomic E-state index is 0.198. The van der Waals surface area contributed by atoms with Crippen LogP contribution in [0.25, 0.3) is 0 Å². The van der Waals surface area contributed by atoms with Crippen LogP contribution in [0.3, 0.4) is 0 Å². The van der Waals surface area contributed by atoms with Crippen molar-refractivity contribution >= 4 is 11.6 Å². The van der Waals surface area contributed by atoms with Crippen LogP contribution in [0.4, 0.5) is 5.69 Å². The van der Waals surface area contributed by atoms with Gasteiger partial charge in [0.15, 0.2) is 0 Å². The smallest absolute Gasteiger partial charge is 0.226 e. The zero-order valence-corrected chi connectivity index (χ0v) is 14.7. The summed E-state index contributed by atoms with van der Waals surface area (Å²) in [5.41, 5.74) is 3.73. The van der Waals surface area contributed by atoms with Crippen LogP contribution in [0.2, 0.25) is 0 Å². The van der Waals surface area contributed by atoms with E-state index in [2.05, 4.69) is 46.4 Å². The Kier molecular flexibility index (Phi) is 4.43. The van der Waals surface area contributed by atoms with Gasteiger partial charge in [0.25, 0.3) is 0 Å². The van der Waals surface area contributed by atoms with Crippen LogP contribution in [0, 0.1) is 12.8 Å². The zero-order chi connectivity index (χ0) is 17.2. The molecule has 0 radical (unpaired) electrons. The van der Waals surface area contributed by atoms with E-state index in [-0.39, 0.29) is 5.92 Å². The lowest BCUT2D eigenvalue weighted by Gasteiger charge is -2.33. The minimum atomic E-state index is 0.198. The highest BCUT2D eigenvalue weighted by Crippen LogP contribution is 2.49. The van der Waals surface area contributed by atoms with E-state index in [1.54, 1.807) is 6.20 Å². The van der Waals surface area contributed by atoms with E-state index >= 15 is 0 Å². The number of anilines is 1. The molecule has 130 valence electrons. The van der Waals surface area contributed by atoms with Crippen molar-refractivity contribution in [1.29, 1.82) is 0 Å². The van der Waals surface area contributed by atoms with E-state index in [0.717, 1.165) is 38.0 Å². The maximum atomic E-state index is 12.8. The molecule has 1 N–H and O–H groups in total. The summed E-state index contributed by atoms with van der Waals surface area (Å²) in [4.78, 5) is 19.0. The third kappa shape index (κ3) is 3.53. The van der Waals surface area contributed by atoms with Gasteiger partial charge in [-0.05, 0) is 55.4 Å². The highest BCUT2D eigenvalue weighted by molar-refractivity contribution is 5.83. The largest absolute Gasteiger partial charge is 0.381 e. The molecule has 0 bridgehead atoms. The number of likely N-dealkylation sites (tertiary alicyclic amines) is 1. The monoisotopic (exact) mass is 335 g/mol. The number of carbonyl (C=O) groups excluding carboxylic acids is 1. The molecule has 1 aliphatic heterocycles. The topological polar surface area (TPSA) is 45.2 Å². The van der Waals surface area contributed by atoms with E-state index < -0.39 is 0 Å². The molecule has 1 saturated heterocycles. The van der Waals surface area contributed by atoms with Gasteiger partial charge in [-0.1, -0.05) is 24.3 Å². The van der Waals surface area contributed by atoms with E-state index in [0.29, 0.717) is 17.9 Å². The van der Waals surface area contributed by atoms with Crippen molar-refractivity contribution in [2.45, 2.75) is 38.1 Å². The van der Waals surface area contributed by atoms with Gasteiger partial charge >= 0.3 is 0 Å². The summed E-state index contributed by atoms with van der Waals surface area (Å²) < 4.78 is 0. The van der Waals surface area contributed by atoms with Crippen LogP contribution >= 0.6 is 0 Å². The summed E-state index contributed by atoms with van der Waals surface area (Å²) in [6.45, 7) is 3.85. The number of hydrogen-bond donors (Lipinski definition) is 1. The van der Waals surface area contributed by atoms with E-state index in [9.17, 15) is 4.79 Å². The minimum Gasteiger partial charge on any atom is -0.381 e. The molecule has 1 amide bonds. The summed E-state index contributed by atoms with van der Waals surface area (Å²) >= 11 is 0. The third-order valence-electron chi connectivity index (χ3n) is 5.53. The molecule has 1 saturated carbocycles. The molecule has 2 atom stereocenters. The Labute approximate surface area is 149 Å². The number of nitrogens with zero attached hydrogens (tertiary/aromatic N) is 2. The molecule has 2 fully saturated rings. The number of aryl methyl sites for hydroxylation is 1. The molecule has 25 heavy (non-hydrogen) atoms. The molecule has 4 heteroatoms. The lowest BCUT2D eigenvalue weighted by molar-refractivity contribution is -0.133. The molecule has 1 aromatic heterocycles. The number of piperidine rings is 1. The normalized spacial score (nSPS) is 23.3. The Bertz CT molecular complexity index is 738. The summed E-state index contributed by atoms with van der Waals surface area (Å²) in [6, 6.07) is 12.9. The number of carbonyl (C=O) groups is 1. The summed E-state index contributed by atoms with van der Waals surface area (Å²) in [5, 5.41) is 3.53. The predicted molar refractivity (Wildman–Crippen MR) is 99.5 cm³/mol.